The number of benzene rings is 1. The average Bonchev–Trinajstić information content (AvgIpc) is 3.00. The van der Waals surface area contributed by atoms with E-state index in [1.807, 2.05) is 11.8 Å². The molecule has 2 amide bonds. The molecule has 3 heterocycles. The summed E-state index contributed by atoms with van der Waals surface area (Å²) in [5, 5.41) is 0. The van der Waals surface area contributed by atoms with Gasteiger partial charge in [-0.15, -0.1) is 0 Å². The van der Waals surface area contributed by atoms with Crippen LogP contribution in [-0.4, -0.2) is 84.9 Å². The van der Waals surface area contributed by atoms with E-state index in [0.717, 1.165) is 57.1 Å². The van der Waals surface area contributed by atoms with E-state index >= 15 is 0 Å². The monoisotopic (exact) mass is 569 g/mol. The van der Waals surface area contributed by atoms with Crippen LogP contribution < -0.4 is 0 Å². The van der Waals surface area contributed by atoms with Crippen molar-refractivity contribution in [2.75, 3.05) is 40.3 Å². The number of hydrogen-bond donors (Lipinski definition) is 0. The Balaban J connectivity index is 1.35. The van der Waals surface area contributed by atoms with Crippen molar-refractivity contribution in [1.29, 1.82) is 0 Å². The average molecular weight is 570 g/mol. The number of likely N-dealkylation sites (N-methyl/N-ethyl adjacent to an activating group) is 1. The maximum Gasteiger partial charge on any atom is 0.312 e. The van der Waals surface area contributed by atoms with Gasteiger partial charge in [-0.2, -0.15) is 0 Å². The molecule has 226 valence electrons. The van der Waals surface area contributed by atoms with Crippen LogP contribution in [0.5, 0.6) is 0 Å². The molecule has 0 aromatic heterocycles. The molecule has 2 bridgehead atoms. The third-order valence-corrected chi connectivity index (χ3v) is 10.8. The Hall–Kier alpha value is -2.48. The number of esters is 1. The third-order valence-electron chi connectivity index (χ3n) is 10.8. The lowest BCUT2D eigenvalue weighted by atomic mass is 9.63. The molecule has 0 unspecified atom stereocenters. The third kappa shape index (κ3) is 6.18. The predicted octanol–water partition coefficient (Wildman–Crippen LogP) is 4.68. The van der Waals surface area contributed by atoms with E-state index in [-0.39, 0.29) is 35.6 Å². The number of ether oxygens (including phenoxy) is 1. The van der Waals surface area contributed by atoms with E-state index in [1.165, 1.54) is 18.6 Å². The van der Waals surface area contributed by atoms with Gasteiger partial charge in [-0.1, -0.05) is 31.4 Å². The van der Waals surface area contributed by atoms with Crippen molar-refractivity contribution < 1.29 is 23.5 Å². The van der Waals surface area contributed by atoms with Crippen LogP contribution >= 0.6 is 0 Å². The molecule has 7 nitrogen and oxygen atoms in total. The number of nitrogens with zero attached hydrogens (tertiary/aromatic N) is 3. The zero-order valence-electron chi connectivity index (χ0n) is 25.2. The Morgan fingerprint density at radius 3 is 2.34 bits per heavy atom. The molecule has 4 atom stereocenters. The van der Waals surface area contributed by atoms with E-state index in [4.69, 9.17) is 4.74 Å². The number of carbonyl (C=O) groups excluding carboxylic acids is 3. The lowest BCUT2D eigenvalue weighted by Crippen LogP contribution is -2.59. The quantitative estimate of drug-likeness (QED) is 0.426. The SMILES string of the molecule is CCOC(=O)C1(C2CCCCC2)CCN(C(=O)[C@@H](Cc2ccc(F)cc2)N(C)C(=O)[C@@H]2C[C@H]3CC[C@@H]2N(C)C3)CC1. The normalized spacial score (nSPS) is 27.3. The molecule has 1 aromatic carbocycles. The minimum Gasteiger partial charge on any atom is -0.466 e. The van der Waals surface area contributed by atoms with Crippen molar-refractivity contribution in [1.82, 2.24) is 14.7 Å². The van der Waals surface area contributed by atoms with Gasteiger partial charge in [0.15, 0.2) is 0 Å². The van der Waals surface area contributed by atoms with Crippen molar-refractivity contribution in [3.63, 3.8) is 0 Å². The van der Waals surface area contributed by atoms with E-state index in [1.54, 1.807) is 24.1 Å². The van der Waals surface area contributed by atoms with Gasteiger partial charge in [0.05, 0.1) is 17.9 Å². The maximum atomic E-state index is 14.2. The summed E-state index contributed by atoms with van der Waals surface area (Å²) < 4.78 is 19.3. The van der Waals surface area contributed by atoms with Crippen LogP contribution in [0.15, 0.2) is 24.3 Å². The number of fused-ring (bicyclic) bond motifs is 3. The number of carbonyl (C=O) groups is 3. The van der Waals surface area contributed by atoms with Crippen molar-refractivity contribution in [3.05, 3.63) is 35.6 Å². The van der Waals surface area contributed by atoms with E-state index in [9.17, 15) is 18.8 Å². The Bertz CT molecular complexity index is 1080. The minimum atomic E-state index is -0.677. The second kappa shape index (κ2) is 12.8. The van der Waals surface area contributed by atoms with E-state index in [2.05, 4.69) is 11.9 Å². The van der Waals surface area contributed by atoms with Gasteiger partial charge < -0.3 is 19.4 Å². The zero-order valence-corrected chi connectivity index (χ0v) is 25.2. The molecule has 1 aromatic rings. The molecule has 2 aliphatic carbocycles. The van der Waals surface area contributed by atoms with Crippen molar-refractivity contribution in [2.24, 2.45) is 23.2 Å². The van der Waals surface area contributed by atoms with Gasteiger partial charge in [-0.3, -0.25) is 14.4 Å². The minimum absolute atomic E-state index is 0.0341. The number of halogens is 1. The predicted molar refractivity (Wildman–Crippen MR) is 155 cm³/mol. The Morgan fingerprint density at radius 1 is 1.05 bits per heavy atom. The molecule has 0 N–H and O–H groups in total. The van der Waals surface area contributed by atoms with Crippen molar-refractivity contribution in [2.45, 2.75) is 89.6 Å². The first-order chi connectivity index (χ1) is 19.7. The molecule has 3 saturated heterocycles. The van der Waals surface area contributed by atoms with E-state index < -0.39 is 11.5 Å². The standard InChI is InChI=1S/C33H48FN3O4/c1-4-41-32(40)33(25-8-6-5-7-9-25)16-18-37(19-17-33)31(39)29(21-23-10-13-26(34)14-11-23)36(3)30(38)27-20-24-12-15-28(27)35(2)22-24/h10-11,13-14,24-25,27-29H,4-9,12,15-22H2,1-3H3/t24-,27-,28+,29-/m1/s1. The highest BCUT2D eigenvalue weighted by molar-refractivity contribution is 5.89. The molecule has 0 spiro atoms. The van der Waals surface area contributed by atoms with Gasteiger partial charge in [-0.25, -0.2) is 4.39 Å². The lowest BCUT2D eigenvalue weighted by Gasteiger charge is -2.49. The summed E-state index contributed by atoms with van der Waals surface area (Å²) in [6, 6.07) is 5.76. The highest BCUT2D eigenvalue weighted by Gasteiger charge is 2.50. The number of amides is 2. The highest BCUT2D eigenvalue weighted by atomic mass is 19.1. The second-order valence-electron chi connectivity index (χ2n) is 13.1. The Labute approximate surface area is 244 Å². The van der Waals surface area contributed by atoms with Crippen LogP contribution in [0.25, 0.3) is 0 Å². The maximum absolute atomic E-state index is 14.2. The largest absolute Gasteiger partial charge is 0.466 e. The highest BCUT2D eigenvalue weighted by Crippen LogP contribution is 2.47. The summed E-state index contributed by atoms with van der Waals surface area (Å²) in [5.74, 6) is 0.238. The van der Waals surface area contributed by atoms with Crippen LogP contribution in [-0.2, 0) is 25.5 Å². The topological polar surface area (TPSA) is 70.2 Å². The summed E-state index contributed by atoms with van der Waals surface area (Å²) in [7, 11) is 3.87. The summed E-state index contributed by atoms with van der Waals surface area (Å²) in [6.45, 7) is 4.21. The molecule has 5 fully saturated rings. The van der Waals surface area contributed by atoms with E-state index in [0.29, 0.717) is 50.8 Å². The summed E-state index contributed by atoms with van der Waals surface area (Å²) in [4.78, 5) is 47.4. The molecular weight excluding hydrogens is 521 g/mol. The molecule has 5 aliphatic rings. The van der Waals surface area contributed by atoms with Crippen LogP contribution in [0, 0.1) is 29.0 Å². The van der Waals surface area contributed by atoms with Gasteiger partial charge in [-0.05, 0) is 88.4 Å². The molecular formula is C33H48FN3O4. The van der Waals surface area contributed by atoms with Gasteiger partial charge in [0.25, 0.3) is 0 Å². The van der Waals surface area contributed by atoms with Gasteiger partial charge in [0, 0.05) is 39.1 Å². The smallest absolute Gasteiger partial charge is 0.312 e. The first-order valence-corrected chi connectivity index (χ1v) is 15.9. The fourth-order valence-corrected chi connectivity index (χ4v) is 8.44. The second-order valence-corrected chi connectivity index (χ2v) is 13.1. The number of piperidine rings is 3. The van der Waals surface area contributed by atoms with Gasteiger partial charge in [0.2, 0.25) is 11.8 Å². The summed E-state index contributed by atoms with van der Waals surface area (Å²) in [5.41, 5.74) is 0.291. The Morgan fingerprint density at radius 2 is 1.73 bits per heavy atom. The van der Waals surface area contributed by atoms with Crippen molar-refractivity contribution in [3.8, 4) is 0 Å². The molecule has 2 saturated carbocycles. The molecule has 8 heteroatoms. The van der Waals surface area contributed by atoms with Crippen LogP contribution in [0.3, 0.4) is 0 Å². The summed E-state index contributed by atoms with van der Waals surface area (Å²) in [6.07, 6.45) is 10.2. The number of likely N-dealkylation sites (tertiary alicyclic amines) is 1. The zero-order chi connectivity index (χ0) is 29.1. The summed E-state index contributed by atoms with van der Waals surface area (Å²) >= 11 is 0. The van der Waals surface area contributed by atoms with Crippen LogP contribution in [0.2, 0.25) is 0 Å². The molecule has 3 aliphatic heterocycles. The lowest BCUT2D eigenvalue weighted by molar-refractivity contribution is -0.167. The first-order valence-electron chi connectivity index (χ1n) is 15.9. The van der Waals surface area contributed by atoms with Crippen LogP contribution in [0.4, 0.5) is 4.39 Å². The fourth-order valence-electron chi connectivity index (χ4n) is 8.44. The van der Waals surface area contributed by atoms with Gasteiger partial charge in [0.1, 0.15) is 11.9 Å². The number of hydrogen-bond acceptors (Lipinski definition) is 5. The fraction of sp³-hybridized carbons (Fsp3) is 0.727. The molecule has 0 radical (unpaired) electrons. The van der Waals surface area contributed by atoms with Gasteiger partial charge >= 0.3 is 5.97 Å². The Kier molecular flexibility index (Phi) is 9.37. The molecule has 6 rings (SSSR count). The van der Waals surface area contributed by atoms with Crippen molar-refractivity contribution >= 4 is 17.8 Å². The first kappa shape index (κ1) is 30.0. The van der Waals surface area contributed by atoms with Crippen LogP contribution in [0.1, 0.15) is 76.7 Å². The number of rotatable bonds is 8. The molecule has 41 heavy (non-hydrogen) atoms.